The van der Waals surface area contributed by atoms with Crippen molar-refractivity contribution in [2.75, 3.05) is 5.73 Å². The molecule has 4 saturated carbocycles. The van der Waals surface area contributed by atoms with Crippen molar-refractivity contribution < 1.29 is 5.11 Å². The third-order valence-corrected chi connectivity index (χ3v) is 6.13. The fourth-order valence-electron chi connectivity index (χ4n) is 5.63. The Kier molecular flexibility index (Phi) is 2.81. The van der Waals surface area contributed by atoms with Gasteiger partial charge in [-0.25, -0.2) is 4.98 Å². The molecular formula is C17H24N2O. The van der Waals surface area contributed by atoms with Gasteiger partial charge in [0.1, 0.15) is 5.82 Å². The van der Waals surface area contributed by atoms with Gasteiger partial charge < -0.3 is 10.8 Å². The first-order valence-electron chi connectivity index (χ1n) is 8.02. The minimum Gasteiger partial charge on any atom is -0.392 e. The van der Waals surface area contributed by atoms with Crippen molar-refractivity contribution in [2.24, 2.45) is 23.2 Å². The Morgan fingerprint density at radius 2 is 1.80 bits per heavy atom. The van der Waals surface area contributed by atoms with Crippen LogP contribution in [0.2, 0.25) is 0 Å². The molecule has 5 rings (SSSR count). The molecule has 4 aliphatic rings. The second-order valence-electron chi connectivity index (χ2n) is 7.55. The minimum absolute atomic E-state index is 0.178. The molecule has 3 heteroatoms. The molecule has 1 heterocycles. The van der Waals surface area contributed by atoms with E-state index < -0.39 is 0 Å². The van der Waals surface area contributed by atoms with Gasteiger partial charge >= 0.3 is 0 Å². The second kappa shape index (κ2) is 4.45. The molecular weight excluding hydrogens is 248 g/mol. The molecule has 1 aromatic rings. The fourth-order valence-corrected chi connectivity index (χ4v) is 5.63. The molecule has 1 aromatic heterocycles. The lowest BCUT2D eigenvalue weighted by Gasteiger charge is -2.58. The van der Waals surface area contributed by atoms with Crippen molar-refractivity contribution in [3.8, 4) is 0 Å². The summed E-state index contributed by atoms with van der Waals surface area (Å²) in [6, 6.07) is 3.92. The van der Waals surface area contributed by atoms with Gasteiger partial charge in [0.25, 0.3) is 0 Å². The standard InChI is InChI=1S/C17H24N2O/c18-16-14(2-1-3-19-16)7-15(20)17-8-11-4-12(9-17)6-13(5-11)10-17/h1-3,11-13,15,20H,4-10H2,(H2,18,19). The maximum Gasteiger partial charge on any atom is 0.126 e. The Balaban J connectivity index is 1.56. The normalized spacial score (nSPS) is 40.0. The van der Waals surface area contributed by atoms with Crippen molar-refractivity contribution in [1.29, 1.82) is 0 Å². The van der Waals surface area contributed by atoms with E-state index in [0.29, 0.717) is 12.2 Å². The molecule has 108 valence electrons. The number of nitrogens with zero attached hydrogens (tertiary/aromatic N) is 1. The highest BCUT2D eigenvalue weighted by molar-refractivity contribution is 5.39. The van der Waals surface area contributed by atoms with Gasteiger partial charge in [-0.2, -0.15) is 0 Å². The van der Waals surface area contributed by atoms with E-state index in [1.807, 2.05) is 12.1 Å². The summed E-state index contributed by atoms with van der Waals surface area (Å²) in [5, 5.41) is 10.9. The first-order chi connectivity index (χ1) is 9.64. The number of aliphatic hydroxyl groups is 1. The monoisotopic (exact) mass is 272 g/mol. The summed E-state index contributed by atoms with van der Waals surface area (Å²) in [5.41, 5.74) is 7.13. The van der Waals surface area contributed by atoms with Crippen LogP contribution in [0.5, 0.6) is 0 Å². The molecule has 20 heavy (non-hydrogen) atoms. The van der Waals surface area contributed by atoms with Crippen molar-refractivity contribution in [1.82, 2.24) is 4.98 Å². The molecule has 4 aliphatic carbocycles. The van der Waals surface area contributed by atoms with E-state index in [1.165, 1.54) is 38.5 Å². The number of aromatic nitrogens is 1. The summed E-state index contributed by atoms with van der Waals surface area (Å²) in [6.45, 7) is 0. The van der Waals surface area contributed by atoms with Crippen LogP contribution in [-0.2, 0) is 6.42 Å². The Bertz CT molecular complexity index is 478. The number of hydrogen-bond acceptors (Lipinski definition) is 3. The van der Waals surface area contributed by atoms with E-state index in [-0.39, 0.29) is 11.5 Å². The van der Waals surface area contributed by atoms with Gasteiger partial charge in [0.15, 0.2) is 0 Å². The molecule has 0 aliphatic heterocycles. The first-order valence-corrected chi connectivity index (χ1v) is 8.02. The van der Waals surface area contributed by atoms with Crippen LogP contribution in [0.15, 0.2) is 18.3 Å². The minimum atomic E-state index is -0.248. The number of nitrogen functional groups attached to an aromatic ring is 1. The maximum atomic E-state index is 10.9. The third kappa shape index (κ3) is 1.95. The number of rotatable bonds is 3. The van der Waals surface area contributed by atoms with Gasteiger partial charge in [-0.05, 0) is 73.3 Å². The van der Waals surface area contributed by atoms with E-state index in [0.717, 1.165) is 23.3 Å². The number of nitrogens with two attached hydrogens (primary N) is 1. The maximum absolute atomic E-state index is 10.9. The molecule has 0 amide bonds. The summed E-state index contributed by atoms with van der Waals surface area (Å²) < 4.78 is 0. The average Bonchev–Trinajstić information content (AvgIpc) is 2.40. The zero-order chi connectivity index (χ0) is 13.7. The van der Waals surface area contributed by atoms with Crippen LogP contribution >= 0.6 is 0 Å². The average molecular weight is 272 g/mol. The summed E-state index contributed by atoms with van der Waals surface area (Å²) in [4.78, 5) is 4.15. The van der Waals surface area contributed by atoms with E-state index in [2.05, 4.69) is 4.98 Å². The Morgan fingerprint density at radius 1 is 1.20 bits per heavy atom. The number of pyridine rings is 1. The first kappa shape index (κ1) is 12.6. The van der Waals surface area contributed by atoms with Gasteiger partial charge in [-0.15, -0.1) is 0 Å². The van der Waals surface area contributed by atoms with E-state index in [4.69, 9.17) is 5.73 Å². The summed E-state index contributed by atoms with van der Waals surface area (Å²) >= 11 is 0. The predicted molar refractivity (Wildman–Crippen MR) is 79.0 cm³/mol. The summed E-state index contributed by atoms with van der Waals surface area (Å²) in [6.07, 6.45) is 10.1. The van der Waals surface area contributed by atoms with Crippen molar-refractivity contribution in [3.05, 3.63) is 23.9 Å². The molecule has 3 N–H and O–H groups in total. The summed E-state index contributed by atoms with van der Waals surface area (Å²) in [5.74, 6) is 3.21. The van der Waals surface area contributed by atoms with E-state index >= 15 is 0 Å². The zero-order valence-corrected chi connectivity index (χ0v) is 12.0. The predicted octanol–water partition coefficient (Wildman–Crippen LogP) is 2.78. The second-order valence-corrected chi connectivity index (χ2v) is 7.55. The SMILES string of the molecule is Nc1ncccc1CC(O)C12CC3CC(CC(C3)C1)C2. The van der Waals surface area contributed by atoms with Crippen LogP contribution in [0.3, 0.4) is 0 Å². The number of anilines is 1. The molecule has 0 spiro atoms. The highest BCUT2D eigenvalue weighted by Crippen LogP contribution is 2.61. The molecule has 0 radical (unpaired) electrons. The lowest BCUT2D eigenvalue weighted by atomic mass is 9.48. The highest BCUT2D eigenvalue weighted by atomic mass is 16.3. The van der Waals surface area contributed by atoms with Crippen molar-refractivity contribution in [2.45, 2.75) is 51.0 Å². The van der Waals surface area contributed by atoms with Gasteiger partial charge in [-0.3, -0.25) is 0 Å². The van der Waals surface area contributed by atoms with E-state index in [9.17, 15) is 5.11 Å². The van der Waals surface area contributed by atoms with Crippen LogP contribution in [0.25, 0.3) is 0 Å². The quantitative estimate of drug-likeness (QED) is 0.889. The Morgan fingerprint density at radius 3 is 2.35 bits per heavy atom. The van der Waals surface area contributed by atoms with Crippen molar-refractivity contribution in [3.63, 3.8) is 0 Å². The summed E-state index contributed by atoms with van der Waals surface area (Å²) in [7, 11) is 0. The fraction of sp³-hybridized carbons (Fsp3) is 0.706. The number of aliphatic hydroxyl groups excluding tert-OH is 1. The van der Waals surface area contributed by atoms with Crippen LogP contribution in [0, 0.1) is 23.2 Å². The molecule has 0 aromatic carbocycles. The lowest BCUT2D eigenvalue weighted by molar-refractivity contribution is -0.119. The smallest absolute Gasteiger partial charge is 0.126 e. The number of hydrogen-bond donors (Lipinski definition) is 2. The van der Waals surface area contributed by atoms with Crippen LogP contribution in [0.1, 0.15) is 44.1 Å². The lowest BCUT2D eigenvalue weighted by Crippen LogP contribution is -2.52. The van der Waals surface area contributed by atoms with Crippen LogP contribution in [-0.4, -0.2) is 16.2 Å². The molecule has 1 unspecified atom stereocenters. The topological polar surface area (TPSA) is 59.1 Å². The molecule has 3 nitrogen and oxygen atoms in total. The van der Waals surface area contributed by atoms with Gasteiger partial charge in [-0.1, -0.05) is 6.07 Å². The Hall–Kier alpha value is -1.09. The third-order valence-electron chi connectivity index (χ3n) is 6.13. The van der Waals surface area contributed by atoms with Crippen LogP contribution < -0.4 is 5.73 Å². The molecule has 4 fully saturated rings. The highest BCUT2D eigenvalue weighted by Gasteiger charge is 2.53. The Labute approximate surface area is 120 Å². The van der Waals surface area contributed by atoms with Gasteiger partial charge in [0.05, 0.1) is 6.10 Å². The molecule has 0 saturated heterocycles. The zero-order valence-electron chi connectivity index (χ0n) is 12.0. The van der Waals surface area contributed by atoms with E-state index in [1.54, 1.807) is 6.20 Å². The molecule has 4 bridgehead atoms. The van der Waals surface area contributed by atoms with Crippen molar-refractivity contribution >= 4 is 5.82 Å². The largest absolute Gasteiger partial charge is 0.392 e. The molecule has 1 atom stereocenters. The van der Waals surface area contributed by atoms with Gasteiger partial charge in [0, 0.05) is 12.6 Å². The van der Waals surface area contributed by atoms with Crippen LogP contribution in [0.4, 0.5) is 5.82 Å². The van der Waals surface area contributed by atoms with Gasteiger partial charge in [0.2, 0.25) is 0 Å².